The van der Waals surface area contributed by atoms with E-state index in [9.17, 15) is 4.79 Å². The molecule has 3 aromatic rings. The third kappa shape index (κ3) is 3.52. The molecule has 0 saturated heterocycles. The van der Waals surface area contributed by atoms with E-state index in [2.05, 4.69) is 25.5 Å². The van der Waals surface area contributed by atoms with Crippen molar-refractivity contribution in [2.45, 2.75) is 6.73 Å². The number of benzene rings is 1. The quantitative estimate of drug-likeness (QED) is 0.351. The average molecular weight is 313 g/mol. The van der Waals surface area contributed by atoms with E-state index in [-0.39, 0.29) is 30.4 Å². The summed E-state index contributed by atoms with van der Waals surface area (Å²) in [7, 11) is 0. The van der Waals surface area contributed by atoms with Crippen LogP contribution in [-0.2, 0) is 11.5 Å². The Hall–Kier alpha value is -3.20. The van der Waals surface area contributed by atoms with Crippen LogP contribution in [0.25, 0.3) is 11.2 Å². The van der Waals surface area contributed by atoms with Gasteiger partial charge in [-0.1, -0.05) is 18.2 Å². The van der Waals surface area contributed by atoms with E-state index >= 15 is 0 Å². The highest BCUT2D eigenvalue weighted by Gasteiger charge is 2.08. The summed E-state index contributed by atoms with van der Waals surface area (Å²) in [5.74, 6) is 0.0397. The van der Waals surface area contributed by atoms with Crippen LogP contribution in [0.4, 0.5) is 11.6 Å². The molecule has 4 N–H and O–H groups in total. The second-order valence-corrected chi connectivity index (χ2v) is 4.63. The number of aromatic nitrogens is 4. The molecular formula is C14H15N7O2. The lowest BCUT2D eigenvalue weighted by Crippen LogP contribution is -2.13. The molecule has 0 aliphatic rings. The fraction of sp³-hybridized carbons (Fsp3) is 0.143. The van der Waals surface area contributed by atoms with Crippen molar-refractivity contribution < 1.29 is 4.74 Å². The fourth-order valence-electron chi connectivity index (χ4n) is 1.94. The van der Waals surface area contributed by atoms with Crippen molar-refractivity contribution in [2.24, 2.45) is 5.10 Å². The molecule has 2 aromatic heterocycles. The van der Waals surface area contributed by atoms with Gasteiger partial charge in [-0.15, -0.1) is 0 Å². The van der Waals surface area contributed by atoms with Crippen molar-refractivity contribution in [3.8, 4) is 0 Å². The van der Waals surface area contributed by atoms with Crippen LogP contribution in [0, 0.1) is 0 Å². The molecule has 1 aromatic carbocycles. The van der Waals surface area contributed by atoms with Crippen molar-refractivity contribution >= 4 is 29.0 Å². The van der Waals surface area contributed by atoms with Crippen LogP contribution in [0.3, 0.4) is 0 Å². The maximum Gasteiger partial charge on any atom is 0.280 e. The number of ether oxygens (including phenoxy) is 1. The zero-order valence-corrected chi connectivity index (χ0v) is 12.1. The molecule has 0 bridgehead atoms. The predicted octanol–water partition coefficient (Wildman–Crippen LogP) is 0.774. The molecular weight excluding hydrogens is 298 g/mol. The first-order valence-electron chi connectivity index (χ1n) is 6.85. The summed E-state index contributed by atoms with van der Waals surface area (Å²) in [5, 5.41) is 4.04. The van der Waals surface area contributed by atoms with Crippen LogP contribution in [0.2, 0.25) is 0 Å². The van der Waals surface area contributed by atoms with Crippen molar-refractivity contribution in [1.82, 2.24) is 19.5 Å². The molecule has 9 heteroatoms. The van der Waals surface area contributed by atoms with Crippen molar-refractivity contribution in [3.05, 3.63) is 47.0 Å². The van der Waals surface area contributed by atoms with E-state index in [0.29, 0.717) is 5.65 Å². The van der Waals surface area contributed by atoms with Gasteiger partial charge in [0, 0.05) is 0 Å². The molecule has 9 nitrogen and oxygen atoms in total. The van der Waals surface area contributed by atoms with Gasteiger partial charge in [-0.25, -0.2) is 4.98 Å². The highest BCUT2D eigenvalue weighted by atomic mass is 16.5. The lowest BCUT2D eigenvalue weighted by atomic mass is 10.3. The topological polar surface area (TPSA) is 123 Å². The number of hydrogen-bond acceptors (Lipinski definition) is 7. The Balaban J connectivity index is 1.54. The smallest absolute Gasteiger partial charge is 0.280 e. The Kier molecular flexibility index (Phi) is 4.29. The van der Waals surface area contributed by atoms with Crippen LogP contribution in [0.15, 0.2) is 46.6 Å². The lowest BCUT2D eigenvalue weighted by molar-refractivity contribution is 0.113. The van der Waals surface area contributed by atoms with Crippen LogP contribution < -0.4 is 16.7 Å². The van der Waals surface area contributed by atoms with Crippen LogP contribution in [0.5, 0.6) is 0 Å². The minimum atomic E-state index is -0.375. The Morgan fingerprint density at radius 3 is 3.04 bits per heavy atom. The van der Waals surface area contributed by atoms with Crippen molar-refractivity contribution in [3.63, 3.8) is 0 Å². The molecule has 0 unspecified atom stereocenters. The van der Waals surface area contributed by atoms with Gasteiger partial charge >= 0.3 is 0 Å². The van der Waals surface area contributed by atoms with Gasteiger partial charge in [-0.3, -0.25) is 19.8 Å². The van der Waals surface area contributed by atoms with Gasteiger partial charge in [0.25, 0.3) is 5.56 Å². The molecule has 0 saturated carbocycles. The number of nitrogen functional groups attached to an aromatic ring is 1. The number of H-pyrrole nitrogens is 1. The maximum absolute atomic E-state index is 11.6. The minimum Gasteiger partial charge on any atom is -0.369 e. The maximum atomic E-state index is 11.6. The third-order valence-corrected chi connectivity index (χ3v) is 2.97. The molecule has 0 atom stereocenters. The van der Waals surface area contributed by atoms with E-state index in [1.165, 1.54) is 6.33 Å². The number of imidazole rings is 1. The summed E-state index contributed by atoms with van der Waals surface area (Å²) in [5.41, 5.74) is 9.52. The van der Waals surface area contributed by atoms with Gasteiger partial charge in [0.05, 0.1) is 24.8 Å². The highest BCUT2D eigenvalue weighted by Crippen LogP contribution is 2.06. The van der Waals surface area contributed by atoms with E-state index in [0.717, 1.165) is 5.69 Å². The van der Waals surface area contributed by atoms with E-state index in [4.69, 9.17) is 10.5 Å². The van der Waals surface area contributed by atoms with Gasteiger partial charge in [-0.2, -0.15) is 10.1 Å². The standard InChI is InChI=1S/C14H15N7O2/c15-14-18-12-11(13(22)19-14)16-8-21(12)9-23-7-6-17-20-10-4-2-1-3-5-10/h1-6,8,20H,7,9H2,(H3,15,18,19,22)/b17-6+. The Morgan fingerprint density at radius 1 is 1.39 bits per heavy atom. The zero-order valence-electron chi connectivity index (χ0n) is 12.1. The largest absolute Gasteiger partial charge is 0.369 e. The molecule has 3 rings (SSSR count). The second kappa shape index (κ2) is 6.71. The number of hydrogen-bond donors (Lipinski definition) is 3. The first-order chi connectivity index (χ1) is 11.2. The highest BCUT2D eigenvalue weighted by molar-refractivity contribution is 5.70. The lowest BCUT2D eigenvalue weighted by Gasteiger charge is -2.03. The Bertz CT molecular complexity index is 870. The monoisotopic (exact) mass is 313 g/mol. The summed E-state index contributed by atoms with van der Waals surface area (Å²) in [4.78, 5) is 22.1. The van der Waals surface area contributed by atoms with Gasteiger partial charge in [0.1, 0.15) is 6.73 Å². The fourth-order valence-corrected chi connectivity index (χ4v) is 1.94. The SMILES string of the molecule is Nc1nc2c(ncn2COC/C=N/Nc2ccccc2)c(=O)[nH]1. The Morgan fingerprint density at radius 2 is 2.22 bits per heavy atom. The average Bonchev–Trinajstić information content (AvgIpc) is 2.95. The summed E-state index contributed by atoms with van der Waals surface area (Å²) in [6.07, 6.45) is 3.08. The van der Waals surface area contributed by atoms with E-state index in [1.807, 2.05) is 30.3 Å². The second-order valence-electron chi connectivity index (χ2n) is 4.63. The first kappa shape index (κ1) is 14.7. The van der Waals surface area contributed by atoms with Crippen LogP contribution >= 0.6 is 0 Å². The summed E-state index contributed by atoms with van der Waals surface area (Å²) in [6, 6.07) is 9.57. The number of para-hydroxylation sites is 1. The predicted molar refractivity (Wildman–Crippen MR) is 87.1 cm³/mol. The van der Waals surface area contributed by atoms with Gasteiger partial charge in [0.2, 0.25) is 5.95 Å². The molecule has 2 heterocycles. The number of anilines is 2. The van der Waals surface area contributed by atoms with Gasteiger partial charge in [-0.05, 0) is 12.1 Å². The first-order valence-corrected chi connectivity index (χ1v) is 6.85. The third-order valence-electron chi connectivity index (χ3n) is 2.97. The number of fused-ring (bicyclic) bond motifs is 1. The molecule has 23 heavy (non-hydrogen) atoms. The zero-order chi connectivity index (χ0) is 16.1. The van der Waals surface area contributed by atoms with Crippen LogP contribution in [-0.4, -0.2) is 32.3 Å². The number of nitrogens with two attached hydrogens (primary N) is 1. The molecule has 0 fully saturated rings. The molecule has 0 aliphatic heterocycles. The molecule has 0 amide bonds. The number of aromatic amines is 1. The minimum absolute atomic E-state index is 0.0397. The van der Waals surface area contributed by atoms with Gasteiger partial charge < -0.3 is 10.5 Å². The summed E-state index contributed by atoms with van der Waals surface area (Å²) in [6.45, 7) is 0.474. The number of hydrazone groups is 1. The molecule has 0 spiro atoms. The molecule has 118 valence electrons. The Labute approximate surface area is 130 Å². The normalized spacial score (nSPS) is 11.3. The van der Waals surface area contributed by atoms with Crippen LogP contribution in [0.1, 0.15) is 0 Å². The molecule has 0 radical (unpaired) electrons. The molecule has 0 aliphatic carbocycles. The van der Waals surface area contributed by atoms with E-state index < -0.39 is 0 Å². The number of rotatable bonds is 6. The van der Waals surface area contributed by atoms with Crippen molar-refractivity contribution in [1.29, 1.82) is 0 Å². The number of nitrogens with one attached hydrogen (secondary N) is 2. The number of nitrogens with zero attached hydrogens (tertiary/aromatic N) is 4. The summed E-state index contributed by atoms with van der Waals surface area (Å²) >= 11 is 0. The van der Waals surface area contributed by atoms with Gasteiger partial charge in [0.15, 0.2) is 11.2 Å². The summed E-state index contributed by atoms with van der Waals surface area (Å²) < 4.78 is 7.04. The van der Waals surface area contributed by atoms with E-state index in [1.54, 1.807) is 10.8 Å². The van der Waals surface area contributed by atoms with Crippen molar-refractivity contribution in [2.75, 3.05) is 17.8 Å².